The summed E-state index contributed by atoms with van der Waals surface area (Å²) in [4.78, 5) is 17.8. The first-order chi connectivity index (χ1) is 8.67. The number of pyridine rings is 1. The van der Waals surface area contributed by atoms with E-state index in [1.165, 1.54) is 6.20 Å². The third-order valence-electron chi connectivity index (χ3n) is 2.61. The maximum atomic E-state index is 11.4. The van der Waals surface area contributed by atoms with E-state index in [1.807, 2.05) is 0 Å². The number of hydrogen-bond acceptors (Lipinski definition) is 5. The first kappa shape index (κ1) is 14.4. The van der Waals surface area contributed by atoms with Crippen molar-refractivity contribution in [3.05, 3.63) is 23.9 Å². The number of esters is 1. The van der Waals surface area contributed by atoms with Crippen LogP contribution in [0.3, 0.4) is 0 Å². The number of hydrogen-bond donors (Lipinski definition) is 1. The van der Waals surface area contributed by atoms with E-state index in [4.69, 9.17) is 4.74 Å². The van der Waals surface area contributed by atoms with Crippen molar-refractivity contribution < 1.29 is 9.53 Å². The lowest BCUT2D eigenvalue weighted by Gasteiger charge is -2.14. The molecule has 5 nitrogen and oxygen atoms in total. The minimum absolute atomic E-state index is 0.331. The number of nitrogens with zero attached hydrogens (tertiary/aromatic N) is 2. The van der Waals surface area contributed by atoms with Gasteiger partial charge in [0.25, 0.3) is 0 Å². The van der Waals surface area contributed by atoms with E-state index in [-0.39, 0.29) is 5.97 Å². The van der Waals surface area contributed by atoms with Gasteiger partial charge in [-0.2, -0.15) is 0 Å². The molecule has 5 heteroatoms. The van der Waals surface area contributed by atoms with Gasteiger partial charge in [-0.05, 0) is 32.6 Å². The Morgan fingerprint density at radius 1 is 1.44 bits per heavy atom. The molecule has 18 heavy (non-hydrogen) atoms. The molecule has 1 rings (SSSR count). The molecule has 0 amide bonds. The molecule has 0 bridgehead atoms. The molecular weight excluding hydrogens is 230 g/mol. The van der Waals surface area contributed by atoms with E-state index in [0.717, 1.165) is 25.5 Å². The summed E-state index contributed by atoms with van der Waals surface area (Å²) in [5, 5.41) is 3.20. The summed E-state index contributed by atoms with van der Waals surface area (Å²) in [5.41, 5.74) is 0.480. The number of anilines is 1. The van der Waals surface area contributed by atoms with Crippen molar-refractivity contribution in [2.75, 3.05) is 38.6 Å². The third kappa shape index (κ3) is 4.71. The molecule has 0 fully saturated rings. The van der Waals surface area contributed by atoms with Crippen molar-refractivity contribution in [1.29, 1.82) is 0 Å². The maximum Gasteiger partial charge on any atom is 0.339 e. The molecule has 1 heterocycles. The predicted octanol–water partition coefficient (Wildman–Crippen LogP) is 1.62. The highest BCUT2D eigenvalue weighted by atomic mass is 16.5. The van der Waals surface area contributed by atoms with Crippen molar-refractivity contribution in [2.45, 2.75) is 13.8 Å². The molecule has 1 aromatic rings. The van der Waals surface area contributed by atoms with Gasteiger partial charge in [0.15, 0.2) is 0 Å². The Morgan fingerprint density at radius 3 is 2.78 bits per heavy atom. The second-order valence-electron chi connectivity index (χ2n) is 3.98. The Hall–Kier alpha value is -1.62. The Balaban J connectivity index is 2.43. The topological polar surface area (TPSA) is 54.5 Å². The van der Waals surface area contributed by atoms with Crippen LogP contribution in [-0.2, 0) is 4.74 Å². The first-order valence-electron chi connectivity index (χ1n) is 6.23. The number of ether oxygens (including phenoxy) is 1. The molecule has 0 aromatic carbocycles. The highest BCUT2D eigenvalue weighted by Gasteiger charge is 2.06. The number of rotatable bonds is 7. The van der Waals surface area contributed by atoms with Crippen LogP contribution < -0.4 is 5.32 Å². The predicted molar refractivity (Wildman–Crippen MR) is 71.9 cm³/mol. The first-order valence-corrected chi connectivity index (χ1v) is 6.23. The fraction of sp³-hybridized carbons (Fsp3) is 0.538. The van der Waals surface area contributed by atoms with Crippen LogP contribution in [0.5, 0.6) is 0 Å². The third-order valence-corrected chi connectivity index (χ3v) is 2.61. The van der Waals surface area contributed by atoms with Gasteiger partial charge in [0.05, 0.1) is 12.2 Å². The summed E-state index contributed by atoms with van der Waals surface area (Å²) >= 11 is 0. The van der Waals surface area contributed by atoms with Gasteiger partial charge < -0.3 is 15.0 Å². The number of aromatic nitrogens is 1. The van der Waals surface area contributed by atoms with Crippen molar-refractivity contribution in [2.24, 2.45) is 0 Å². The zero-order chi connectivity index (χ0) is 13.4. The zero-order valence-electron chi connectivity index (χ0n) is 11.3. The van der Waals surface area contributed by atoms with E-state index < -0.39 is 0 Å². The zero-order valence-corrected chi connectivity index (χ0v) is 11.3. The molecule has 0 saturated heterocycles. The van der Waals surface area contributed by atoms with Crippen LogP contribution in [0.25, 0.3) is 0 Å². The number of carbonyl (C=O) groups is 1. The summed E-state index contributed by atoms with van der Waals surface area (Å²) < 4.78 is 4.89. The van der Waals surface area contributed by atoms with E-state index in [2.05, 4.69) is 29.2 Å². The highest BCUT2D eigenvalue weighted by molar-refractivity contribution is 5.89. The van der Waals surface area contributed by atoms with Gasteiger partial charge in [-0.25, -0.2) is 9.78 Å². The molecule has 0 aliphatic carbocycles. The average molecular weight is 251 g/mol. The second kappa shape index (κ2) is 7.66. The van der Waals surface area contributed by atoms with Crippen LogP contribution >= 0.6 is 0 Å². The summed E-state index contributed by atoms with van der Waals surface area (Å²) in [5.74, 6) is 0.440. The fourth-order valence-corrected chi connectivity index (χ4v) is 1.37. The lowest BCUT2D eigenvalue weighted by Crippen LogP contribution is -2.24. The van der Waals surface area contributed by atoms with Crippen molar-refractivity contribution in [3.8, 4) is 0 Å². The SMILES string of the molecule is CCOC(=O)c1ccc(NCCN(C)CC)nc1. The van der Waals surface area contributed by atoms with Gasteiger partial charge in [0.1, 0.15) is 5.82 Å². The van der Waals surface area contributed by atoms with E-state index in [1.54, 1.807) is 19.1 Å². The van der Waals surface area contributed by atoms with Crippen LogP contribution in [0.15, 0.2) is 18.3 Å². The highest BCUT2D eigenvalue weighted by Crippen LogP contribution is 2.06. The van der Waals surface area contributed by atoms with Crippen molar-refractivity contribution >= 4 is 11.8 Å². The monoisotopic (exact) mass is 251 g/mol. The fourth-order valence-electron chi connectivity index (χ4n) is 1.37. The van der Waals surface area contributed by atoms with Crippen LogP contribution in [0.2, 0.25) is 0 Å². The summed E-state index contributed by atoms with van der Waals surface area (Å²) in [7, 11) is 2.07. The summed E-state index contributed by atoms with van der Waals surface area (Å²) in [6.45, 7) is 7.09. The lowest BCUT2D eigenvalue weighted by atomic mass is 10.3. The molecule has 0 radical (unpaired) electrons. The molecule has 0 saturated carbocycles. The quantitative estimate of drug-likeness (QED) is 0.746. The Labute approximate surface area is 108 Å². The van der Waals surface area contributed by atoms with Gasteiger partial charge in [-0.15, -0.1) is 0 Å². The standard InChI is InChI=1S/C13H21N3O2/c1-4-16(3)9-8-14-12-7-6-11(10-15-12)13(17)18-5-2/h6-7,10H,4-5,8-9H2,1-3H3,(H,14,15). The normalized spacial score (nSPS) is 10.4. The van der Waals surface area contributed by atoms with Gasteiger partial charge >= 0.3 is 5.97 Å². The lowest BCUT2D eigenvalue weighted by molar-refractivity contribution is 0.0526. The van der Waals surface area contributed by atoms with Crippen LogP contribution in [0.4, 0.5) is 5.82 Å². The molecule has 0 atom stereocenters. The summed E-state index contributed by atoms with van der Waals surface area (Å²) in [6, 6.07) is 3.51. The van der Waals surface area contributed by atoms with Gasteiger partial charge in [0, 0.05) is 19.3 Å². The summed E-state index contributed by atoms with van der Waals surface area (Å²) in [6.07, 6.45) is 1.53. The minimum Gasteiger partial charge on any atom is -0.462 e. The Bertz CT molecular complexity index is 365. The number of nitrogens with one attached hydrogen (secondary N) is 1. The number of carbonyl (C=O) groups excluding carboxylic acids is 1. The molecule has 1 N–H and O–H groups in total. The van der Waals surface area contributed by atoms with E-state index in [0.29, 0.717) is 12.2 Å². The van der Waals surface area contributed by atoms with Crippen LogP contribution in [-0.4, -0.2) is 49.1 Å². The average Bonchev–Trinajstić information content (AvgIpc) is 2.39. The Kier molecular flexibility index (Phi) is 6.14. The van der Waals surface area contributed by atoms with E-state index in [9.17, 15) is 4.79 Å². The van der Waals surface area contributed by atoms with Gasteiger partial charge in [0.2, 0.25) is 0 Å². The molecular formula is C13H21N3O2. The van der Waals surface area contributed by atoms with Crippen LogP contribution in [0.1, 0.15) is 24.2 Å². The second-order valence-corrected chi connectivity index (χ2v) is 3.98. The molecule has 0 aliphatic heterocycles. The smallest absolute Gasteiger partial charge is 0.339 e. The van der Waals surface area contributed by atoms with E-state index >= 15 is 0 Å². The van der Waals surface area contributed by atoms with Gasteiger partial charge in [-0.3, -0.25) is 0 Å². The molecule has 100 valence electrons. The minimum atomic E-state index is -0.331. The maximum absolute atomic E-state index is 11.4. The molecule has 0 aliphatic rings. The van der Waals surface area contributed by atoms with Crippen molar-refractivity contribution in [1.82, 2.24) is 9.88 Å². The largest absolute Gasteiger partial charge is 0.462 e. The van der Waals surface area contributed by atoms with Crippen molar-refractivity contribution in [3.63, 3.8) is 0 Å². The Morgan fingerprint density at radius 2 is 2.22 bits per heavy atom. The van der Waals surface area contributed by atoms with Crippen LogP contribution in [0, 0.1) is 0 Å². The molecule has 0 unspecified atom stereocenters. The van der Waals surface area contributed by atoms with Gasteiger partial charge in [-0.1, -0.05) is 6.92 Å². The molecule has 0 spiro atoms. The molecule has 1 aromatic heterocycles. The number of likely N-dealkylation sites (N-methyl/N-ethyl adjacent to an activating group) is 1.